The molecule has 0 aromatic heterocycles. The van der Waals surface area contributed by atoms with Gasteiger partial charge in [-0.15, -0.1) is 0 Å². The van der Waals surface area contributed by atoms with Crippen molar-refractivity contribution in [3.05, 3.63) is 114 Å². The third-order valence-corrected chi connectivity index (χ3v) is 7.45. The molecule has 2 fully saturated rings. The van der Waals surface area contributed by atoms with Gasteiger partial charge in [-0.1, -0.05) is 97.1 Å². The molecule has 1 saturated heterocycles. The van der Waals surface area contributed by atoms with E-state index in [4.69, 9.17) is 0 Å². The first-order valence-corrected chi connectivity index (χ1v) is 12.8. The van der Waals surface area contributed by atoms with Gasteiger partial charge in [0.1, 0.15) is 0 Å². The summed E-state index contributed by atoms with van der Waals surface area (Å²) in [4.78, 5) is 7.82. The van der Waals surface area contributed by atoms with Crippen LogP contribution in [-0.4, -0.2) is 73.6 Å². The Hall–Kier alpha value is -2.72. The van der Waals surface area contributed by atoms with E-state index in [0.717, 1.165) is 19.6 Å². The van der Waals surface area contributed by atoms with Crippen molar-refractivity contribution in [3.63, 3.8) is 0 Å². The highest BCUT2D eigenvalue weighted by atomic mass is 15.3. The zero-order valence-corrected chi connectivity index (χ0v) is 20.4. The lowest BCUT2D eigenvalue weighted by molar-refractivity contribution is 0.135. The summed E-state index contributed by atoms with van der Waals surface area (Å²) in [6, 6.07) is 33.4. The number of rotatable bonds is 9. The summed E-state index contributed by atoms with van der Waals surface area (Å²) in [5.74, 6) is 0.666. The molecule has 0 N–H and O–H groups in total. The van der Waals surface area contributed by atoms with Crippen molar-refractivity contribution in [2.24, 2.45) is 0 Å². The summed E-state index contributed by atoms with van der Waals surface area (Å²) in [5.41, 5.74) is 5.42. The fraction of sp³-hybridized carbons (Fsp3) is 0.355. The van der Waals surface area contributed by atoms with Gasteiger partial charge in [-0.05, 0) is 35.7 Å². The molecule has 176 valence electrons. The third kappa shape index (κ3) is 5.85. The average Bonchev–Trinajstić information content (AvgIpc) is 3.70. The number of hydrogen-bond acceptors (Lipinski definition) is 3. The highest BCUT2D eigenvalue weighted by Gasteiger charge is 2.42. The molecular formula is C31H37N3. The Bertz CT molecular complexity index is 998. The Morgan fingerprint density at radius 1 is 0.794 bits per heavy atom. The predicted octanol–water partition coefficient (Wildman–Crippen LogP) is 5.22. The Labute approximate surface area is 205 Å². The molecule has 2 atom stereocenters. The monoisotopic (exact) mass is 451 g/mol. The fourth-order valence-electron chi connectivity index (χ4n) is 5.22. The molecule has 0 bridgehead atoms. The van der Waals surface area contributed by atoms with Gasteiger partial charge in [0.15, 0.2) is 0 Å². The van der Waals surface area contributed by atoms with E-state index in [1.165, 1.54) is 54.9 Å². The molecule has 1 saturated carbocycles. The minimum Gasteiger partial charge on any atom is -0.304 e. The molecule has 3 aromatic carbocycles. The van der Waals surface area contributed by atoms with Crippen molar-refractivity contribution in [1.82, 2.24) is 14.7 Å². The molecule has 1 unspecified atom stereocenters. The van der Waals surface area contributed by atoms with Crippen molar-refractivity contribution in [1.29, 1.82) is 0 Å². The quantitative estimate of drug-likeness (QED) is 0.441. The lowest BCUT2D eigenvalue weighted by atomic mass is 9.97. The molecular weight excluding hydrogens is 414 g/mol. The number of nitrogens with zero attached hydrogens (tertiary/aromatic N) is 3. The first kappa shape index (κ1) is 23.0. The topological polar surface area (TPSA) is 9.72 Å². The van der Waals surface area contributed by atoms with Gasteiger partial charge in [0.25, 0.3) is 0 Å². The number of piperazine rings is 1. The van der Waals surface area contributed by atoms with Gasteiger partial charge in [0.2, 0.25) is 0 Å². The minimum absolute atomic E-state index is 0.638. The van der Waals surface area contributed by atoms with Crippen LogP contribution in [0.2, 0.25) is 0 Å². The maximum absolute atomic E-state index is 2.74. The first-order chi connectivity index (χ1) is 16.8. The Kier molecular flexibility index (Phi) is 7.55. The first-order valence-electron chi connectivity index (χ1n) is 12.8. The van der Waals surface area contributed by atoms with E-state index in [1.807, 2.05) is 0 Å². The van der Waals surface area contributed by atoms with Crippen LogP contribution in [0.5, 0.6) is 0 Å². The molecule has 2 aliphatic rings. The Balaban J connectivity index is 1.35. The molecule has 1 aliphatic carbocycles. The van der Waals surface area contributed by atoms with Crippen LogP contribution in [0.25, 0.3) is 5.57 Å². The molecule has 34 heavy (non-hydrogen) atoms. The highest BCUT2D eigenvalue weighted by Crippen LogP contribution is 2.44. The largest absolute Gasteiger partial charge is 0.304 e. The van der Waals surface area contributed by atoms with E-state index in [0.29, 0.717) is 12.0 Å². The zero-order chi connectivity index (χ0) is 23.2. The number of benzene rings is 3. The summed E-state index contributed by atoms with van der Waals surface area (Å²) in [6.07, 6.45) is 3.74. The SMILES string of the molecule is CN1CCN(CCN(CC=C(c2ccccc2)c2ccccc2)C2C[C@H]2c2ccccc2)CC1. The van der Waals surface area contributed by atoms with Crippen LogP contribution in [0.15, 0.2) is 97.1 Å². The van der Waals surface area contributed by atoms with Gasteiger partial charge in [-0.25, -0.2) is 0 Å². The summed E-state index contributed by atoms with van der Waals surface area (Å²) in [5, 5.41) is 0. The summed E-state index contributed by atoms with van der Waals surface area (Å²) in [7, 11) is 2.23. The maximum atomic E-state index is 2.74. The third-order valence-electron chi connectivity index (χ3n) is 7.45. The van der Waals surface area contributed by atoms with E-state index in [9.17, 15) is 0 Å². The van der Waals surface area contributed by atoms with Crippen LogP contribution in [0.3, 0.4) is 0 Å². The summed E-state index contributed by atoms with van der Waals surface area (Å²) < 4.78 is 0. The molecule has 3 heteroatoms. The normalized spacial score (nSPS) is 20.9. The lowest BCUT2D eigenvalue weighted by Crippen LogP contribution is -2.47. The fourth-order valence-corrected chi connectivity index (χ4v) is 5.22. The van der Waals surface area contributed by atoms with Crippen LogP contribution >= 0.6 is 0 Å². The van der Waals surface area contributed by atoms with Crippen molar-refractivity contribution in [3.8, 4) is 0 Å². The standard InChI is InChI=1S/C31H37N3/c1-32-19-21-33(22-20-32)23-24-34(31-25-30(31)28-15-9-4-10-16-28)18-17-29(26-11-5-2-6-12-26)27-13-7-3-8-14-27/h2-17,30-31H,18-25H2,1H3/t30-,31?/m0/s1. The summed E-state index contributed by atoms with van der Waals surface area (Å²) >= 11 is 0. The van der Waals surface area contributed by atoms with Crippen LogP contribution in [0.1, 0.15) is 29.0 Å². The van der Waals surface area contributed by atoms with E-state index in [1.54, 1.807) is 0 Å². The zero-order valence-electron chi connectivity index (χ0n) is 20.4. The lowest BCUT2D eigenvalue weighted by Gasteiger charge is -2.34. The predicted molar refractivity (Wildman–Crippen MR) is 143 cm³/mol. The second-order valence-electron chi connectivity index (χ2n) is 9.81. The second-order valence-corrected chi connectivity index (χ2v) is 9.81. The van der Waals surface area contributed by atoms with Crippen LogP contribution in [0, 0.1) is 0 Å². The number of hydrogen-bond donors (Lipinski definition) is 0. The van der Waals surface area contributed by atoms with Crippen LogP contribution in [0.4, 0.5) is 0 Å². The van der Waals surface area contributed by atoms with Crippen LogP contribution in [-0.2, 0) is 0 Å². The molecule has 1 aliphatic heterocycles. The van der Waals surface area contributed by atoms with Gasteiger partial charge >= 0.3 is 0 Å². The number of likely N-dealkylation sites (N-methyl/N-ethyl adjacent to an activating group) is 1. The Morgan fingerprint density at radius 2 is 1.35 bits per heavy atom. The van der Waals surface area contributed by atoms with Gasteiger partial charge in [0.05, 0.1) is 0 Å². The molecule has 3 aromatic rings. The van der Waals surface area contributed by atoms with Gasteiger partial charge in [0, 0.05) is 57.8 Å². The second kappa shape index (κ2) is 11.1. The van der Waals surface area contributed by atoms with Crippen molar-refractivity contribution < 1.29 is 0 Å². The van der Waals surface area contributed by atoms with Gasteiger partial charge in [-0.3, -0.25) is 9.80 Å². The molecule has 3 nitrogen and oxygen atoms in total. The van der Waals surface area contributed by atoms with Crippen molar-refractivity contribution >= 4 is 5.57 Å². The van der Waals surface area contributed by atoms with E-state index in [-0.39, 0.29) is 0 Å². The molecule has 0 amide bonds. The molecule has 1 heterocycles. The van der Waals surface area contributed by atoms with Crippen molar-refractivity contribution in [2.45, 2.75) is 18.4 Å². The van der Waals surface area contributed by atoms with Gasteiger partial charge < -0.3 is 4.90 Å². The minimum atomic E-state index is 0.638. The average molecular weight is 452 g/mol. The van der Waals surface area contributed by atoms with Crippen LogP contribution < -0.4 is 0 Å². The Morgan fingerprint density at radius 3 is 1.94 bits per heavy atom. The smallest absolute Gasteiger partial charge is 0.0176 e. The molecule has 0 radical (unpaired) electrons. The van der Waals surface area contributed by atoms with E-state index < -0.39 is 0 Å². The van der Waals surface area contributed by atoms with Crippen molar-refractivity contribution in [2.75, 3.05) is 52.9 Å². The van der Waals surface area contributed by atoms with E-state index in [2.05, 4.69) is 119 Å². The molecule has 5 rings (SSSR count). The summed E-state index contributed by atoms with van der Waals surface area (Å²) in [6.45, 7) is 8.01. The molecule has 0 spiro atoms. The maximum Gasteiger partial charge on any atom is 0.0176 e. The highest BCUT2D eigenvalue weighted by molar-refractivity contribution is 5.79. The van der Waals surface area contributed by atoms with E-state index >= 15 is 0 Å². The van der Waals surface area contributed by atoms with Gasteiger partial charge in [-0.2, -0.15) is 0 Å².